The molecule has 1 rings (SSSR count). The van der Waals surface area contributed by atoms with E-state index >= 15 is 0 Å². The van der Waals surface area contributed by atoms with Crippen molar-refractivity contribution in [3.8, 4) is 0 Å². The number of aromatic nitrogens is 1. The molecule has 1 N–H and O–H groups in total. The van der Waals surface area contributed by atoms with Crippen molar-refractivity contribution in [3.05, 3.63) is 17.5 Å². The Bertz CT molecular complexity index is 233. The summed E-state index contributed by atoms with van der Waals surface area (Å²) in [7, 11) is 0. The molecule has 14 heavy (non-hydrogen) atoms. The fourth-order valence-electron chi connectivity index (χ4n) is 0.924. The van der Waals surface area contributed by atoms with Crippen molar-refractivity contribution >= 4 is 0 Å². The standard InChI is InChI=1S/C9H16N2O.C2H6/c1-4-7(2)10-6-9-5-8(3)12-11-9;1-2/h5,7,10H,4,6H2,1-3H3;1-2H3. The fourth-order valence-corrected chi connectivity index (χ4v) is 0.924. The van der Waals surface area contributed by atoms with Crippen molar-refractivity contribution in [1.82, 2.24) is 10.5 Å². The Morgan fingerprint density at radius 2 is 2.14 bits per heavy atom. The van der Waals surface area contributed by atoms with Gasteiger partial charge in [-0.05, 0) is 20.3 Å². The molecule has 0 aromatic carbocycles. The number of nitrogens with one attached hydrogen (secondary N) is 1. The molecular weight excluding hydrogens is 176 g/mol. The summed E-state index contributed by atoms with van der Waals surface area (Å²) in [5.74, 6) is 0.871. The summed E-state index contributed by atoms with van der Waals surface area (Å²) in [5, 5.41) is 7.22. The lowest BCUT2D eigenvalue weighted by molar-refractivity contribution is 0.385. The molecule has 1 aromatic rings. The van der Waals surface area contributed by atoms with Gasteiger partial charge < -0.3 is 9.84 Å². The maximum absolute atomic E-state index is 4.94. The van der Waals surface area contributed by atoms with E-state index in [9.17, 15) is 0 Å². The molecule has 82 valence electrons. The van der Waals surface area contributed by atoms with Crippen LogP contribution in [0.25, 0.3) is 0 Å². The third-order valence-corrected chi connectivity index (χ3v) is 1.92. The predicted molar refractivity (Wildman–Crippen MR) is 59.2 cm³/mol. The van der Waals surface area contributed by atoms with Gasteiger partial charge in [0.15, 0.2) is 0 Å². The predicted octanol–water partition coefficient (Wildman–Crippen LogP) is 2.90. The molecule has 1 aromatic heterocycles. The van der Waals surface area contributed by atoms with E-state index in [2.05, 4.69) is 24.3 Å². The van der Waals surface area contributed by atoms with Crippen LogP contribution in [0.2, 0.25) is 0 Å². The summed E-state index contributed by atoms with van der Waals surface area (Å²) in [6.07, 6.45) is 1.14. The lowest BCUT2D eigenvalue weighted by Gasteiger charge is -2.08. The molecular formula is C11H22N2O. The molecule has 0 aliphatic rings. The van der Waals surface area contributed by atoms with Gasteiger partial charge in [-0.1, -0.05) is 25.9 Å². The molecule has 0 saturated heterocycles. The highest BCUT2D eigenvalue weighted by atomic mass is 16.5. The third kappa shape index (κ3) is 5.02. The molecule has 0 fully saturated rings. The maximum Gasteiger partial charge on any atom is 0.133 e. The van der Waals surface area contributed by atoms with Gasteiger partial charge in [0.25, 0.3) is 0 Å². The second-order valence-corrected chi connectivity index (χ2v) is 3.12. The number of hydrogen-bond donors (Lipinski definition) is 1. The van der Waals surface area contributed by atoms with E-state index in [4.69, 9.17) is 4.52 Å². The molecule has 3 nitrogen and oxygen atoms in total. The summed E-state index contributed by atoms with van der Waals surface area (Å²) in [6.45, 7) is 11.0. The Balaban J connectivity index is 0.000000791. The van der Waals surface area contributed by atoms with Crippen LogP contribution in [0.15, 0.2) is 10.6 Å². The molecule has 1 atom stereocenters. The van der Waals surface area contributed by atoms with Crippen LogP contribution in [0.3, 0.4) is 0 Å². The summed E-state index contributed by atoms with van der Waals surface area (Å²) in [4.78, 5) is 0. The zero-order chi connectivity index (χ0) is 11.0. The van der Waals surface area contributed by atoms with Crippen molar-refractivity contribution < 1.29 is 4.52 Å². The minimum atomic E-state index is 0.544. The molecule has 0 aliphatic heterocycles. The molecule has 0 aliphatic carbocycles. The first-order valence-electron chi connectivity index (χ1n) is 5.38. The van der Waals surface area contributed by atoms with Crippen LogP contribution >= 0.6 is 0 Å². The topological polar surface area (TPSA) is 38.1 Å². The summed E-state index contributed by atoms with van der Waals surface area (Å²) in [6, 6.07) is 2.50. The van der Waals surface area contributed by atoms with Gasteiger partial charge in [0.1, 0.15) is 5.76 Å². The van der Waals surface area contributed by atoms with Crippen LogP contribution in [-0.4, -0.2) is 11.2 Å². The van der Waals surface area contributed by atoms with E-state index in [1.54, 1.807) is 0 Å². The minimum absolute atomic E-state index is 0.544. The Kier molecular flexibility index (Phi) is 7.11. The third-order valence-electron chi connectivity index (χ3n) is 1.92. The van der Waals surface area contributed by atoms with Crippen molar-refractivity contribution in [2.45, 2.75) is 53.6 Å². The van der Waals surface area contributed by atoms with Gasteiger partial charge in [-0.15, -0.1) is 0 Å². The van der Waals surface area contributed by atoms with Gasteiger partial charge in [-0.2, -0.15) is 0 Å². The van der Waals surface area contributed by atoms with Gasteiger partial charge >= 0.3 is 0 Å². The molecule has 0 bridgehead atoms. The van der Waals surface area contributed by atoms with E-state index < -0.39 is 0 Å². The van der Waals surface area contributed by atoms with Crippen molar-refractivity contribution in [1.29, 1.82) is 0 Å². The van der Waals surface area contributed by atoms with Crippen LogP contribution in [-0.2, 0) is 6.54 Å². The van der Waals surface area contributed by atoms with Crippen LogP contribution < -0.4 is 5.32 Å². The highest BCUT2D eigenvalue weighted by Gasteiger charge is 2.01. The van der Waals surface area contributed by atoms with Crippen molar-refractivity contribution in [2.75, 3.05) is 0 Å². The first-order chi connectivity index (χ1) is 6.72. The second-order valence-electron chi connectivity index (χ2n) is 3.12. The normalized spacial score (nSPS) is 11.8. The molecule has 0 radical (unpaired) electrons. The Morgan fingerprint density at radius 1 is 1.50 bits per heavy atom. The first kappa shape index (κ1) is 13.2. The number of aryl methyl sites for hydroxylation is 1. The molecule has 1 unspecified atom stereocenters. The van der Waals surface area contributed by atoms with Gasteiger partial charge in [-0.3, -0.25) is 0 Å². The molecule has 0 saturated carbocycles. The lowest BCUT2D eigenvalue weighted by atomic mass is 10.2. The monoisotopic (exact) mass is 198 g/mol. The van der Waals surface area contributed by atoms with E-state index in [0.717, 1.165) is 24.4 Å². The number of rotatable bonds is 4. The van der Waals surface area contributed by atoms with Gasteiger partial charge in [0.2, 0.25) is 0 Å². The summed E-state index contributed by atoms with van der Waals surface area (Å²) in [5.41, 5.74) is 0.979. The maximum atomic E-state index is 4.94. The quantitative estimate of drug-likeness (QED) is 0.808. The average molecular weight is 198 g/mol. The van der Waals surface area contributed by atoms with Crippen molar-refractivity contribution in [2.24, 2.45) is 0 Å². The van der Waals surface area contributed by atoms with Crippen LogP contribution in [0.5, 0.6) is 0 Å². The Labute approximate surface area is 86.9 Å². The highest BCUT2D eigenvalue weighted by molar-refractivity contribution is 5.02. The van der Waals surface area contributed by atoms with E-state index in [-0.39, 0.29) is 0 Å². The molecule has 0 amide bonds. The van der Waals surface area contributed by atoms with E-state index in [1.165, 1.54) is 0 Å². The number of nitrogens with zero attached hydrogens (tertiary/aromatic N) is 1. The van der Waals surface area contributed by atoms with Gasteiger partial charge in [0, 0.05) is 18.7 Å². The van der Waals surface area contributed by atoms with Gasteiger partial charge in [-0.25, -0.2) is 0 Å². The zero-order valence-electron chi connectivity index (χ0n) is 9.92. The largest absolute Gasteiger partial charge is 0.361 e. The SMILES string of the molecule is CC.CCC(C)NCc1cc(C)on1. The van der Waals surface area contributed by atoms with Crippen LogP contribution in [0, 0.1) is 6.92 Å². The Hall–Kier alpha value is -0.830. The zero-order valence-corrected chi connectivity index (χ0v) is 9.92. The fraction of sp³-hybridized carbons (Fsp3) is 0.727. The van der Waals surface area contributed by atoms with E-state index in [1.807, 2.05) is 26.8 Å². The average Bonchev–Trinajstić information content (AvgIpc) is 2.64. The molecule has 1 heterocycles. The highest BCUT2D eigenvalue weighted by Crippen LogP contribution is 2.01. The molecule has 0 spiro atoms. The van der Waals surface area contributed by atoms with E-state index in [0.29, 0.717) is 6.04 Å². The van der Waals surface area contributed by atoms with Gasteiger partial charge in [0.05, 0.1) is 5.69 Å². The first-order valence-corrected chi connectivity index (χ1v) is 5.38. The smallest absolute Gasteiger partial charge is 0.133 e. The lowest BCUT2D eigenvalue weighted by Crippen LogP contribution is -2.24. The van der Waals surface area contributed by atoms with Crippen LogP contribution in [0.1, 0.15) is 45.6 Å². The minimum Gasteiger partial charge on any atom is -0.361 e. The van der Waals surface area contributed by atoms with Crippen LogP contribution in [0.4, 0.5) is 0 Å². The summed E-state index contributed by atoms with van der Waals surface area (Å²) < 4.78 is 4.94. The Morgan fingerprint density at radius 3 is 2.57 bits per heavy atom. The molecule has 3 heteroatoms. The second kappa shape index (κ2) is 7.56. The van der Waals surface area contributed by atoms with Crippen molar-refractivity contribution in [3.63, 3.8) is 0 Å². The number of hydrogen-bond acceptors (Lipinski definition) is 3. The summed E-state index contributed by atoms with van der Waals surface area (Å²) >= 11 is 0.